The number of nitriles is 1. The Labute approximate surface area is 169 Å². The first-order valence-corrected chi connectivity index (χ1v) is 8.44. The second kappa shape index (κ2) is 7.92. The Morgan fingerprint density at radius 1 is 1.24 bits per heavy atom. The topological polar surface area (TPSA) is 133 Å². The van der Waals surface area contributed by atoms with Crippen molar-refractivity contribution in [1.29, 1.82) is 5.26 Å². The molecule has 10 heteroatoms. The number of anilines is 1. The minimum absolute atomic E-state index is 0.0251. The fourth-order valence-electron chi connectivity index (χ4n) is 2.63. The molecule has 0 fully saturated rings. The van der Waals surface area contributed by atoms with E-state index >= 15 is 0 Å². The maximum Gasteiger partial charge on any atom is 0.357 e. The van der Waals surface area contributed by atoms with Crippen molar-refractivity contribution in [3.63, 3.8) is 0 Å². The summed E-state index contributed by atoms with van der Waals surface area (Å²) in [6, 6.07) is 12.2. The van der Waals surface area contributed by atoms with Crippen LogP contribution in [0.4, 0.5) is 11.4 Å². The number of esters is 1. The van der Waals surface area contributed by atoms with E-state index in [9.17, 15) is 20.2 Å². The number of nitrogen functional groups attached to an aromatic ring is 1. The third-order valence-corrected chi connectivity index (χ3v) is 4.21. The predicted octanol–water partition coefficient (Wildman–Crippen LogP) is 4.07. The Hall–Kier alpha value is -4.03. The van der Waals surface area contributed by atoms with Gasteiger partial charge in [0, 0.05) is 23.4 Å². The van der Waals surface area contributed by atoms with Gasteiger partial charge in [0.1, 0.15) is 17.6 Å². The van der Waals surface area contributed by atoms with E-state index in [2.05, 4.69) is 0 Å². The number of benzene rings is 2. The van der Waals surface area contributed by atoms with Gasteiger partial charge in [0.25, 0.3) is 5.69 Å². The summed E-state index contributed by atoms with van der Waals surface area (Å²) in [5.74, 6) is -0.257. The number of nitrogens with two attached hydrogens (primary N) is 1. The second-order valence-electron chi connectivity index (χ2n) is 5.78. The number of carbonyl (C=O) groups excluding carboxylic acids is 1. The third-order valence-electron chi connectivity index (χ3n) is 3.96. The van der Waals surface area contributed by atoms with E-state index in [0.717, 1.165) is 7.11 Å². The number of nitro benzene ring substituents is 1. The number of halogens is 1. The number of nitrogens with zero attached hydrogens (tertiary/aromatic N) is 3. The molecule has 0 spiro atoms. The van der Waals surface area contributed by atoms with Crippen molar-refractivity contribution in [3.8, 4) is 23.3 Å². The lowest BCUT2D eigenvalue weighted by Crippen LogP contribution is -2.11. The number of nitro groups is 1. The van der Waals surface area contributed by atoms with Gasteiger partial charge in [-0.05, 0) is 24.3 Å². The van der Waals surface area contributed by atoms with Gasteiger partial charge < -0.3 is 19.8 Å². The number of ether oxygens (including phenoxy) is 2. The fourth-order valence-corrected chi connectivity index (χ4v) is 2.75. The van der Waals surface area contributed by atoms with Crippen LogP contribution in [0.15, 0.2) is 48.7 Å². The minimum atomic E-state index is -0.796. The zero-order valence-electron chi connectivity index (χ0n) is 15.0. The van der Waals surface area contributed by atoms with Crippen molar-refractivity contribution in [2.24, 2.45) is 0 Å². The van der Waals surface area contributed by atoms with Crippen LogP contribution in [0.5, 0.6) is 11.5 Å². The van der Waals surface area contributed by atoms with Gasteiger partial charge in [-0.25, -0.2) is 4.79 Å². The average molecular weight is 413 g/mol. The highest BCUT2D eigenvalue weighted by Crippen LogP contribution is 2.32. The quantitative estimate of drug-likeness (QED) is 0.379. The Morgan fingerprint density at radius 3 is 2.52 bits per heavy atom. The lowest BCUT2D eigenvalue weighted by Gasteiger charge is -2.11. The molecule has 0 unspecified atom stereocenters. The van der Waals surface area contributed by atoms with Crippen LogP contribution in [0, 0.1) is 21.4 Å². The van der Waals surface area contributed by atoms with E-state index in [-0.39, 0.29) is 34.1 Å². The maximum absolute atomic E-state index is 12.2. The summed E-state index contributed by atoms with van der Waals surface area (Å²) >= 11 is 5.85. The molecule has 3 rings (SSSR count). The number of carbonyl (C=O) groups is 1. The molecule has 0 radical (unpaired) electrons. The highest BCUT2D eigenvalue weighted by Gasteiger charge is 2.23. The van der Waals surface area contributed by atoms with Crippen molar-refractivity contribution >= 4 is 28.9 Å². The first-order valence-electron chi connectivity index (χ1n) is 8.06. The number of hydrogen-bond acceptors (Lipinski definition) is 7. The number of methoxy groups -OCH3 is 1. The standard InChI is InChI=1S/C19H13ClN4O5/c1-28-19(25)18-17(22)11(9-21)10-23(18)13-6-14(24(26)27)8-16(7-13)29-15-4-2-12(20)3-5-15/h2-8,10H,22H2,1H3. The molecule has 0 saturated carbocycles. The van der Waals surface area contributed by atoms with Crippen molar-refractivity contribution in [2.75, 3.05) is 12.8 Å². The third kappa shape index (κ3) is 3.97. The molecule has 0 amide bonds. The summed E-state index contributed by atoms with van der Waals surface area (Å²) in [7, 11) is 1.16. The zero-order valence-corrected chi connectivity index (χ0v) is 15.7. The van der Waals surface area contributed by atoms with Crippen LogP contribution in [0.2, 0.25) is 5.02 Å². The lowest BCUT2D eigenvalue weighted by atomic mass is 10.2. The van der Waals surface area contributed by atoms with Gasteiger partial charge in [0.15, 0.2) is 5.69 Å². The van der Waals surface area contributed by atoms with Gasteiger partial charge in [-0.3, -0.25) is 10.1 Å². The van der Waals surface area contributed by atoms with Crippen LogP contribution < -0.4 is 10.5 Å². The summed E-state index contributed by atoms with van der Waals surface area (Å²) in [5, 5.41) is 21.1. The highest BCUT2D eigenvalue weighted by molar-refractivity contribution is 6.30. The number of rotatable bonds is 5. The highest BCUT2D eigenvalue weighted by atomic mass is 35.5. The molecule has 1 aromatic heterocycles. The summed E-state index contributed by atoms with van der Waals surface area (Å²) in [4.78, 5) is 23.0. The molecule has 0 aliphatic carbocycles. The van der Waals surface area contributed by atoms with Crippen molar-refractivity contribution in [3.05, 3.63) is 75.1 Å². The van der Waals surface area contributed by atoms with Crippen LogP contribution >= 0.6 is 11.6 Å². The van der Waals surface area contributed by atoms with Gasteiger partial charge in [-0.1, -0.05) is 11.6 Å². The zero-order chi connectivity index (χ0) is 21.1. The molecule has 29 heavy (non-hydrogen) atoms. The Balaban J connectivity index is 2.16. The van der Waals surface area contributed by atoms with E-state index in [0.29, 0.717) is 10.8 Å². The molecule has 1 heterocycles. The summed E-state index contributed by atoms with van der Waals surface area (Å²) in [6.07, 6.45) is 1.30. The van der Waals surface area contributed by atoms with E-state index < -0.39 is 10.9 Å². The van der Waals surface area contributed by atoms with Crippen molar-refractivity contribution < 1.29 is 19.2 Å². The Bertz CT molecular complexity index is 1150. The smallest absolute Gasteiger partial charge is 0.357 e. The van der Waals surface area contributed by atoms with Crippen molar-refractivity contribution in [2.45, 2.75) is 0 Å². The van der Waals surface area contributed by atoms with Crippen LogP contribution in [-0.2, 0) is 4.74 Å². The first kappa shape index (κ1) is 19.7. The maximum atomic E-state index is 12.2. The molecular formula is C19H13ClN4O5. The molecule has 9 nitrogen and oxygen atoms in total. The monoisotopic (exact) mass is 412 g/mol. The predicted molar refractivity (Wildman–Crippen MR) is 104 cm³/mol. The molecule has 146 valence electrons. The first-order chi connectivity index (χ1) is 13.8. The Kier molecular flexibility index (Phi) is 5.38. The van der Waals surface area contributed by atoms with E-state index in [4.69, 9.17) is 26.8 Å². The summed E-state index contributed by atoms with van der Waals surface area (Å²) < 4.78 is 11.7. The number of hydrogen-bond donors (Lipinski definition) is 1. The summed E-state index contributed by atoms with van der Waals surface area (Å²) in [6.45, 7) is 0. The molecule has 3 aromatic rings. The molecule has 0 aliphatic heterocycles. The van der Waals surface area contributed by atoms with E-state index in [1.807, 2.05) is 6.07 Å². The molecule has 2 aromatic carbocycles. The molecule has 2 N–H and O–H groups in total. The van der Waals surface area contributed by atoms with Gasteiger partial charge in [0.2, 0.25) is 0 Å². The SMILES string of the molecule is COC(=O)c1c(N)c(C#N)cn1-c1cc(Oc2ccc(Cl)cc2)cc([N+](=O)[O-])c1. The second-order valence-corrected chi connectivity index (χ2v) is 6.21. The Morgan fingerprint density at radius 2 is 1.93 bits per heavy atom. The number of non-ortho nitro benzene ring substituents is 1. The summed E-state index contributed by atoms with van der Waals surface area (Å²) in [5.41, 5.74) is 5.60. The largest absolute Gasteiger partial charge is 0.464 e. The fraction of sp³-hybridized carbons (Fsp3) is 0.0526. The van der Waals surface area contributed by atoms with Gasteiger partial charge in [0.05, 0.1) is 35.0 Å². The molecule has 0 bridgehead atoms. The molecular weight excluding hydrogens is 400 g/mol. The van der Waals surface area contributed by atoms with Crippen LogP contribution in [0.3, 0.4) is 0 Å². The van der Waals surface area contributed by atoms with Gasteiger partial charge >= 0.3 is 5.97 Å². The van der Waals surface area contributed by atoms with E-state index in [1.165, 1.54) is 29.0 Å². The molecule has 0 saturated heterocycles. The minimum Gasteiger partial charge on any atom is -0.464 e. The molecule has 0 atom stereocenters. The molecule has 0 aliphatic rings. The lowest BCUT2D eigenvalue weighted by molar-refractivity contribution is -0.384. The van der Waals surface area contributed by atoms with Crippen molar-refractivity contribution in [1.82, 2.24) is 4.57 Å². The van der Waals surface area contributed by atoms with Crippen LogP contribution in [-0.4, -0.2) is 22.6 Å². The van der Waals surface area contributed by atoms with Gasteiger partial charge in [-0.2, -0.15) is 5.26 Å². The van der Waals surface area contributed by atoms with Gasteiger partial charge in [-0.15, -0.1) is 0 Å². The average Bonchev–Trinajstić information content (AvgIpc) is 3.05. The van der Waals surface area contributed by atoms with Crippen LogP contribution in [0.1, 0.15) is 16.1 Å². The van der Waals surface area contributed by atoms with Crippen LogP contribution in [0.25, 0.3) is 5.69 Å². The van der Waals surface area contributed by atoms with E-state index in [1.54, 1.807) is 24.3 Å². The number of aromatic nitrogens is 1. The normalized spacial score (nSPS) is 10.2.